The fourth-order valence-corrected chi connectivity index (χ4v) is 0.219. The summed E-state index contributed by atoms with van der Waals surface area (Å²) < 4.78 is 57.4. The molecule has 12 heavy (non-hydrogen) atoms. The fraction of sp³-hybridized carbons (Fsp3) is 0. The SMILES string of the molecule is O=S(=O)(O)O.O=S1(=O)OOO1.[Ti]. The molecule has 0 amide bonds. The van der Waals surface area contributed by atoms with Gasteiger partial charge in [0.05, 0.1) is 0 Å². The van der Waals surface area contributed by atoms with E-state index < -0.39 is 20.8 Å². The predicted octanol–water partition coefficient (Wildman–Crippen LogP) is -1.53. The first-order valence-electron chi connectivity index (χ1n) is 1.70. The zero-order chi connectivity index (χ0) is 9.12. The van der Waals surface area contributed by atoms with E-state index in [9.17, 15) is 8.42 Å². The van der Waals surface area contributed by atoms with Crippen molar-refractivity contribution in [1.82, 2.24) is 0 Å². The van der Waals surface area contributed by atoms with Gasteiger partial charge in [-0.05, 0) is 13.7 Å². The topological polar surface area (TPSA) is 136 Å². The normalized spacial score (nSPS) is 19.2. The van der Waals surface area contributed by atoms with E-state index in [1.807, 2.05) is 0 Å². The molecule has 1 rings (SSSR count). The van der Waals surface area contributed by atoms with Gasteiger partial charge in [-0.15, -0.1) is 0 Å². The summed E-state index contributed by atoms with van der Waals surface area (Å²) in [6, 6.07) is 0. The quantitative estimate of drug-likeness (QED) is 0.301. The Morgan fingerprint density at radius 3 is 1.25 bits per heavy atom. The molecule has 0 aromatic rings. The molecule has 0 aromatic carbocycles. The molecule has 9 nitrogen and oxygen atoms in total. The van der Waals surface area contributed by atoms with E-state index in [1.54, 1.807) is 0 Å². The Hall–Kier alpha value is 0.414. The van der Waals surface area contributed by atoms with E-state index in [0.717, 1.165) is 0 Å². The van der Waals surface area contributed by atoms with Gasteiger partial charge in [-0.3, -0.25) is 9.11 Å². The summed E-state index contributed by atoms with van der Waals surface area (Å²) in [5.74, 6) is 0. The Kier molecular flexibility index (Phi) is 6.48. The first-order chi connectivity index (χ1) is 4.71. The summed E-state index contributed by atoms with van der Waals surface area (Å²) in [4.78, 5) is 0. The van der Waals surface area contributed by atoms with Gasteiger partial charge >= 0.3 is 20.8 Å². The largest absolute Gasteiger partial charge is 0.457 e. The predicted molar refractivity (Wildman–Crippen MR) is 26.4 cm³/mol. The third kappa shape index (κ3) is 13.0. The third-order valence-electron chi connectivity index (χ3n) is 0.222. The van der Waals surface area contributed by atoms with E-state index in [4.69, 9.17) is 17.5 Å². The molecule has 1 aliphatic heterocycles. The monoisotopic (exact) mass is 258 g/mol. The van der Waals surface area contributed by atoms with Gasteiger partial charge < -0.3 is 0 Å². The molecule has 0 atom stereocenters. The number of hydrogen-bond acceptors (Lipinski definition) is 7. The van der Waals surface area contributed by atoms with Gasteiger partial charge in [-0.25, -0.2) is 0 Å². The van der Waals surface area contributed by atoms with Crippen molar-refractivity contribution in [3.63, 3.8) is 0 Å². The van der Waals surface area contributed by atoms with Crippen molar-refractivity contribution in [2.45, 2.75) is 0 Å². The zero-order valence-corrected chi connectivity index (χ0v) is 8.26. The molecule has 0 aliphatic carbocycles. The van der Waals surface area contributed by atoms with E-state index >= 15 is 0 Å². The van der Waals surface area contributed by atoms with Gasteiger partial charge in [-0.2, -0.15) is 16.8 Å². The Bertz CT molecular complexity index is 275. The van der Waals surface area contributed by atoms with Crippen LogP contribution in [0.25, 0.3) is 0 Å². The molecule has 12 heteroatoms. The van der Waals surface area contributed by atoms with Crippen molar-refractivity contribution in [2.24, 2.45) is 0 Å². The molecule has 1 aliphatic rings. The van der Waals surface area contributed by atoms with Crippen molar-refractivity contribution in [3.8, 4) is 0 Å². The summed E-state index contributed by atoms with van der Waals surface area (Å²) in [6.07, 6.45) is 0. The van der Waals surface area contributed by atoms with Gasteiger partial charge in [0.1, 0.15) is 0 Å². The van der Waals surface area contributed by atoms with Crippen LogP contribution in [0.2, 0.25) is 0 Å². The van der Waals surface area contributed by atoms with Gasteiger partial charge in [-0.1, -0.05) is 0 Å². The zero-order valence-electron chi connectivity index (χ0n) is 5.07. The van der Waals surface area contributed by atoms with Crippen LogP contribution in [0.5, 0.6) is 0 Å². The summed E-state index contributed by atoms with van der Waals surface area (Å²) in [5.41, 5.74) is 0. The van der Waals surface area contributed by atoms with Crippen molar-refractivity contribution >= 4 is 20.8 Å². The Morgan fingerprint density at radius 1 is 1.08 bits per heavy atom. The van der Waals surface area contributed by atoms with E-state index in [0.29, 0.717) is 0 Å². The summed E-state index contributed by atoms with van der Waals surface area (Å²) in [5, 5.41) is 3.35. The molecule has 1 saturated heterocycles. The van der Waals surface area contributed by atoms with Crippen molar-refractivity contribution in [3.05, 3.63) is 0 Å². The second-order valence-corrected chi connectivity index (χ2v) is 3.04. The van der Waals surface area contributed by atoms with Crippen molar-refractivity contribution < 1.29 is 61.4 Å². The van der Waals surface area contributed by atoms with E-state index in [-0.39, 0.29) is 21.7 Å². The summed E-state index contributed by atoms with van der Waals surface area (Å²) in [7, 11) is -8.37. The molecular formula is H2O9S2Ti. The first kappa shape index (κ1) is 14.9. The maximum atomic E-state index is 9.52. The molecule has 0 unspecified atom stereocenters. The van der Waals surface area contributed by atoms with E-state index in [1.165, 1.54) is 0 Å². The number of rotatable bonds is 0. The molecule has 2 N–H and O–H groups in total. The van der Waals surface area contributed by atoms with Crippen LogP contribution >= 0.6 is 0 Å². The first-order valence-corrected chi connectivity index (χ1v) is 4.43. The molecule has 0 aromatic heterocycles. The Morgan fingerprint density at radius 2 is 1.25 bits per heavy atom. The molecule has 0 spiro atoms. The van der Waals surface area contributed by atoms with Crippen LogP contribution in [-0.4, -0.2) is 25.9 Å². The van der Waals surface area contributed by atoms with Gasteiger partial charge in [0.15, 0.2) is 0 Å². The van der Waals surface area contributed by atoms with Crippen LogP contribution in [0.15, 0.2) is 0 Å². The van der Waals surface area contributed by atoms with Gasteiger partial charge in [0, 0.05) is 21.7 Å². The minimum absolute atomic E-state index is 0. The molecule has 0 bridgehead atoms. The molecule has 1 fully saturated rings. The minimum atomic E-state index is -4.67. The third-order valence-corrected chi connectivity index (χ3v) is 0.667. The van der Waals surface area contributed by atoms with Gasteiger partial charge in [0.2, 0.25) is 0 Å². The molecular weight excluding hydrogens is 256 g/mol. The summed E-state index contributed by atoms with van der Waals surface area (Å²) >= 11 is 0. The van der Waals surface area contributed by atoms with Crippen LogP contribution in [0.4, 0.5) is 0 Å². The van der Waals surface area contributed by atoms with Crippen LogP contribution in [0.1, 0.15) is 0 Å². The van der Waals surface area contributed by atoms with E-state index in [2.05, 4.69) is 13.7 Å². The minimum Gasteiger partial charge on any atom is -0.264 e. The smallest absolute Gasteiger partial charge is 0.264 e. The maximum Gasteiger partial charge on any atom is 0.457 e. The van der Waals surface area contributed by atoms with Crippen LogP contribution in [-0.2, 0) is 56.2 Å². The van der Waals surface area contributed by atoms with Gasteiger partial charge in [0.25, 0.3) is 0 Å². The summed E-state index contributed by atoms with van der Waals surface area (Å²) in [6.45, 7) is 0. The average Bonchev–Trinajstić information content (AvgIpc) is 1.57. The van der Waals surface area contributed by atoms with Crippen molar-refractivity contribution in [2.75, 3.05) is 0 Å². The Balaban J connectivity index is 0. The van der Waals surface area contributed by atoms with Crippen LogP contribution in [0.3, 0.4) is 0 Å². The van der Waals surface area contributed by atoms with Crippen LogP contribution in [0, 0.1) is 0 Å². The molecule has 1 heterocycles. The number of hydrogen-bond donors (Lipinski definition) is 2. The fourth-order valence-electron chi connectivity index (χ4n) is 0.0731. The standard InChI is InChI=1S/O5S.H2O4S.Ti/c1-6(2)4-3-5-6;1-5(2,3)4;/h;(H2,1,2,3,4);. The molecule has 72 valence electrons. The second-order valence-electron chi connectivity index (χ2n) is 1.06. The average molecular weight is 258 g/mol. The second kappa shape index (κ2) is 5.21. The van der Waals surface area contributed by atoms with Crippen LogP contribution < -0.4 is 0 Å². The molecule has 0 radical (unpaired) electrons. The molecule has 0 saturated carbocycles. The van der Waals surface area contributed by atoms with Crippen molar-refractivity contribution in [1.29, 1.82) is 0 Å². The Labute approximate surface area is 82.3 Å². The maximum absolute atomic E-state index is 9.52.